The van der Waals surface area contributed by atoms with E-state index in [0.29, 0.717) is 0 Å². The molecule has 0 aliphatic heterocycles. The predicted molar refractivity (Wildman–Crippen MR) is 67.0 cm³/mol. The minimum absolute atomic E-state index is 0.00244. The molecule has 2 aromatic carbocycles. The van der Waals surface area contributed by atoms with Crippen LogP contribution in [0.4, 0.5) is 0 Å². The van der Waals surface area contributed by atoms with E-state index in [1.807, 2.05) is 0 Å². The van der Waals surface area contributed by atoms with Gasteiger partial charge in [0.05, 0.1) is 11.1 Å². The Kier molecular flexibility index (Phi) is 3.85. The number of rotatable bonds is 2. The minimum Gasteiger partial charge on any atom is -0.508 e. The topological polar surface area (TPSA) is 93.1 Å². The molecular weight excluding hydrogens is 264 g/mol. The summed E-state index contributed by atoms with van der Waals surface area (Å²) in [5.41, 5.74) is 0.252. The van der Waals surface area contributed by atoms with Gasteiger partial charge in [0.25, 0.3) is 0 Å². The number of phenolic OH excluding ortho intramolecular Hbond substituents is 2. The van der Waals surface area contributed by atoms with Crippen molar-refractivity contribution < 1.29 is 29.6 Å². The van der Waals surface area contributed by atoms with Gasteiger partial charge in [0, 0.05) is 0 Å². The average molecular weight is 274 g/mol. The Morgan fingerprint density at radius 1 is 0.650 bits per heavy atom. The van der Waals surface area contributed by atoms with Crippen molar-refractivity contribution in [3.63, 3.8) is 0 Å². The Hall–Kier alpha value is -3.02. The van der Waals surface area contributed by atoms with Gasteiger partial charge in [0.2, 0.25) is 0 Å². The van der Waals surface area contributed by atoms with Crippen LogP contribution in [0.15, 0.2) is 48.5 Å². The lowest BCUT2D eigenvalue weighted by molar-refractivity contribution is -0.187. The fraction of sp³-hybridized carbons (Fsp3) is 0. The summed E-state index contributed by atoms with van der Waals surface area (Å²) in [5, 5.41) is 18.1. The molecule has 20 heavy (non-hydrogen) atoms. The third-order valence-electron chi connectivity index (χ3n) is 2.40. The summed E-state index contributed by atoms with van der Waals surface area (Å²) in [5.74, 6) is -1.72. The molecule has 0 amide bonds. The monoisotopic (exact) mass is 274 g/mol. The lowest BCUT2D eigenvalue weighted by Gasteiger charge is -2.03. The fourth-order valence-electron chi connectivity index (χ4n) is 1.37. The molecule has 0 bridgehead atoms. The van der Waals surface area contributed by atoms with Crippen LogP contribution < -0.4 is 0 Å². The normalized spacial score (nSPS) is 9.80. The second kappa shape index (κ2) is 5.75. The van der Waals surface area contributed by atoms with Crippen molar-refractivity contribution in [2.24, 2.45) is 0 Å². The molecule has 0 unspecified atom stereocenters. The second-order valence-corrected chi connectivity index (χ2v) is 3.84. The molecule has 0 spiro atoms. The molecule has 0 radical (unpaired) electrons. The number of carbonyl (C=O) groups is 2. The summed E-state index contributed by atoms with van der Waals surface area (Å²) in [6.07, 6.45) is 0. The molecule has 0 saturated heterocycles. The fourth-order valence-corrected chi connectivity index (χ4v) is 1.37. The van der Waals surface area contributed by atoms with E-state index < -0.39 is 11.9 Å². The molecule has 6 heteroatoms. The number of hydrogen-bond acceptors (Lipinski definition) is 6. The Morgan fingerprint density at radius 3 is 1.25 bits per heavy atom. The maximum absolute atomic E-state index is 11.5. The highest BCUT2D eigenvalue weighted by molar-refractivity contribution is 5.92. The number of phenols is 2. The third-order valence-corrected chi connectivity index (χ3v) is 2.40. The van der Waals surface area contributed by atoms with Crippen LogP contribution >= 0.6 is 0 Å². The first kappa shape index (κ1) is 13.4. The van der Waals surface area contributed by atoms with E-state index >= 15 is 0 Å². The van der Waals surface area contributed by atoms with E-state index in [1.54, 1.807) is 0 Å². The summed E-state index contributed by atoms with van der Waals surface area (Å²) in [4.78, 5) is 31.8. The van der Waals surface area contributed by atoms with Crippen LogP contribution in [0, 0.1) is 0 Å². The van der Waals surface area contributed by atoms with Crippen LogP contribution in [-0.2, 0) is 9.78 Å². The largest absolute Gasteiger partial charge is 0.508 e. The van der Waals surface area contributed by atoms with Gasteiger partial charge in [-0.3, -0.25) is 0 Å². The quantitative estimate of drug-likeness (QED) is 0.643. The summed E-state index contributed by atoms with van der Waals surface area (Å²) in [6, 6.07) is 10.5. The zero-order valence-corrected chi connectivity index (χ0v) is 10.1. The smallest absolute Gasteiger partial charge is 0.386 e. The summed E-state index contributed by atoms with van der Waals surface area (Å²) in [6.45, 7) is 0. The van der Waals surface area contributed by atoms with Crippen molar-refractivity contribution >= 4 is 11.9 Å². The molecule has 2 aromatic rings. The lowest BCUT2D eigenvalue weighted by atomic mass is 10.2. The predicted octanol–water partition coefficient (Wildman–Crippen LogP) is 2.03. The van der Waals surface area contributed by atoms with E-state index in [9.17, 15) is 9.59 Å². The Bertz CT molecular complexity index is 558. The molecule has 2 rings (SSSR count). The highest BCUT2D eigenvalue weighted by Crippen LogP contribution is 2.13. The molecule has 2 N–H and O–H groups in total. The Balaban J connectivity index is 1.94. The molecule has 0 fully saturated rings. The van der Waals surface area contributed by atoms with Crippen molar-refractivity contribution in [3.05, 3.63) is 59.7 Å². The van der Waals surface area contributed by atoms with Crippen molar-refractivity contribution in [3.8, 4) is 11.5 Å². The molecule has 6 nitrogen and oxygen atoms in total. The number of benzene rings is 2. The van der Waals surface area contributed by atoms with Gasteiger partial charge in [-0.2, -0.15) is 0 Å². The van der Waals surface area contributed by atoms with Crippen LogP contribution in [0.5, 0.6) is 11.5 Å². The van der Waals surface area contributed by atoms with Crippen molar-refractivity contribution in [2.45, 2.75) is 0 Å². The maximum atomic E-state index is 11.5. The van der Waals surface area contributed by atoms with Gasteiger partial charge >= 0.3 is 11.9 Å². The van der Waals surface area contributed by atoms with Gasteiger partial charge in [-0.05, 0) is 48.5 Å². The van der Waals surface area contributed by atoms with Crippen LogP contribution in [0.3, 0.4) is 0 Å². The molecule has 0 saturated carbocycles. The van der Waals surface area contributed by atoms with Gasteiger partial charge in [-0.25, -0.2) is 19.4 Å². The second-order valence-electron chi connectivity index (χ2n) is 3.84. The average Bonchev–Trinajstić information content (AvgIpc) is 2.46. The number of hydrogen-bond donors (Lipinski definition) is 2. The SMILES string of the molecule is O=C(OOC(=O)c1ccc(O)cc1)c1ccc(O)cc1. The summed E-state index contributed by atoms with van der Waals surface area (Å²) >= 11 is 0. The highest BCUT2D eigenvalue weighted by atomic mass is 17.2. The Morgan fingerprint density at radius 2 is 0.950 bits per heavy atom. The zero-order chi connectivity index (χ0) is 14.5. The van der Waals surface area contributed by atoms with Crippen molar-refractivity contribution in [1.82, 2.24) is 0 Å². The summed E-state index contributed by atoms with van der Waals surface area (Å²) < 4.78 is 0. The standard InChI is InChI=1S/C14H10O6/c15-11-5-1-9(2-6-11)13(17)19-20-14(18)10-3-7-12(16)8-4-10/h1-8,15-16H. The van der Waals surface area contributed by atoms with Crippen molar-refractivity contribution in [1.29, 1.82) is 0 Å². The van der Waals surface area contributed by atoms with Gasteiger partial charge in [0.1, 0.15) is 11.5 Å². The van der Waals surface area contributed by atoms with E-state index in [4.69, 9.17) is 10.2 Å². The first-order chi connectivity index (χ1) is 9.56. The molecule has 0 atom stereocenters. The molecule has 102 valence electrons. The first-order valence-electron chi connectivity index (χ1n) is 5.57. The van der Waals surface area contributed by atoms with Crippen LogP contribution in [0.1, 0.15) is 20.7 Å². The first-order valence-corrected chi connectivity index (χ1v) is 5.57. The van der Waals surface area contributed by atoms with Gasteiger partial charge in [0.15, 0.2) is 0 Å². The minimum atomic E-state index is -0.864. The third kappa shape index (κ3) is 3.26. The maximum Gasteiger partial charge on any atom is 0.386 e. The zero-order valence-electron chi connectivity index (χ0n) is 10.1. The van der Waals surface area contributed by atoms with Crippen LogP contribution in [-0.4, -0.2) is 22.2 Å². The van der Waals surface area contributed by atoms with Gasteiger partial charge < -0.3 is 10.2 Å². The lowest BCUT2D eigenvalue weighted by Crippen LogP contribution is -2.11. The molecule has 0 aromatic heterocycles. The summed E-state index contributed by atoms with van der Waals surface area (Å²) in [7, 11) is 0. The van der Waals surface area contributed by atoms with E-state index in [2.05, 4.69) is 9.78 Å². The van der Waals surface area contributed by atoms with Crippen LogP contribution in [0.2, 0.25) is 0 Å². The molecule has 0 aliphatic rings. The van der Waals surface area contributed by atoms with E-state index in [0.717, 1.165) is 0 Å². The highest BCUT2D eigenvalue weighted by Gasteiger charge is 2.14. The van der Waals surface area contributed by atoms with Gasteiger partial charge in [-0.15, -0.1) is 0 Å². The molecular formula is C14H10O6. The Labute approximate surface area is 113 Å². The van der Waals surface area contributed by atoms with Crippen LogP contribution in [0.25, 0.3) is 0 Å². The van der Waals surface area contributed by atoms with Crippen molar-refractivity contribution in [2.75, 3.05) is 0 Å². The van der Waals surface area contributed by atoms with E-state index in [-0.39, 0.29) is 22.6 Å². The number of carbonyl (C=O) groups excluding carboxylic acids is 2. The number of aromatic hydroxyl groups is 2. The molecule has 0 heterocycles. The van der Waals surface area contributed by atoms with Gasteiger partial charge in [-0.1, -0.05) is 0 Å². The van der Waals surface area contributed by atoms with E-state index in [1.165, 1.54) is 48.5 Å². The molecule has 0 aliphatic carbocycles.